The Morgan fingerprint density at radius 1 is 0.513 bits per heavy atom. The number of hydrogen-bond acceptors (Lipinski definition) is 3. The first-order valence-electron chi connectivity index (χ1n) is 26.6. The molecule has 0 radical (unpaired) electrons. The van der Waals surface area contributed by atoms with Crippen LogP contribution in [-0.2, 0) is 14.1 Å². The molecular weight excluding hydrogens is 950 g/mol. The average molecular weight is 1000 g/mol. The number of nitrogens with zero attached hydrogens (tertiary/aromatic N) is 8. The number of nitriles is 1. The Balaban J connectivity index is 1.37. The molecule has 4 aromatic heterocycles. The Labute approximate surface area is 453 Å². The van der Waals surface area contributed by atoms with Gasteiger partial charge >= 0.3 is 13.7 Å². The maximum atomic E-state index is 12.4. The fourth-order valence-corrected chi connectivity index (χ4v) is 12.4. The minimum atomic E-state index is -0.468. The van der Waals surface area contributed by atoms with E-state index in [1.165, 1.54) is 0 Å². The number of hydrogen-bond donors (Lipinski definition) is 0. The van der Waals surface area contributed by atoms with Crippen molar-refractivity contribution in [2.75, 3.05) is 0 Å². The number of imidazole rings is 2. The largest absolute Gasteiger partial charge is 0.384 e. The SMILES string of the molecule is [C-]#[N+]/C(c1nc2ccc3ccccc3c2n1C)=c1\c2c(C(C)C)n(B(c3ccccc3)c3ccccc3)/c(=C(/C#N)c3nc4ccc5ccccc5c4n3C)c2c(-c2ccccc2C)n1B(c1ccccc1)c1ccccc1. The van der Waals surface area contributed by atoms with Crippen molar-refractivity contribution in [3.63, 3.8) is 0 Å². The van der Waals surface area contributed by atoms with Crippen LogP contribution in [0.1, 0.15) is 42.7 Å². The lowest BCUT2D eigenvalue weighted by atomic mass is 9.50. The van der Waals surface area contributed by atoms with Crippen molar-refractivity contribution >= 4 is 101 Å². The molecule has 0 amide bonds. The van der Waals surface area contributed by atoms with Crippen molar-refractivity contribution in [1.29, 1.82) is 5.26 Å². The standard InChI is InChI=1S/C68H52B2N8/c1-44(2)61-58-59(65(77(61)69(48-28-11-7-12-29-48)49-30-13-8-14-31-49)55(43-71)67-73-56-41-39-46-26-20-23-37-53(46)62(56)75(67)5)64(52-36-22-19-25-45(52)3)78(70(50-32-15-9-16-33-50)51-34-17-10-18-35-51)66(58)60(72-4)68-74-57-42-40-47-27-21-24-38-54(47)63(57)76(68)6/h7-42,44H,1-3,5-6H3/b65-55-,66-60+. The van der Waals surface area contributed by atoms with Crippen molar-refractivity contribution in [2.45, 2.75) is 26.7 Å². The van der Waals surface area contributed by atoms with Gasteiger partial charge in [-0.3, -0.25) is 0 Å². The highest BCUT2D eigenvalue weighted by Crippen LogP contribution is 2.37. The summed E-state index contributed by atoms with van der Waals surface area (Å²) in [6.45, 7) is 15.4. The fraction of sp³-hybridized carbons (Fsp3) is 0.0882. The Hall–Kier alpha value is -9.89. The van der Waals surface area contributed by atoms with Crippen LogP contribution in [0.25, 0.3) is 81.8 Å². The van der Waals surface area contributed by atoms with Crippen LogP contribution in [-0.4, -0.2) is 41.8 Å². The van der Waals surface area contributed by atoms with Crippen molar-refractivity contribution in [1.82, 2.24) is 28.1 Å². The van der Waals surface area contributed by atoms with Gasteiger partial charge in [0.1, 0.15) is 17.5 Å². The first kappa shape index (κ1) is 47.8. The van der Waals surface area contributed by atoms with Crippen LogP contribution < -0.4 is 32.5 Å². The summed E-state index contributed by atoms with van der Waals surface area (Å²) in [4.78, 5) is 15.7. The molecule has 0 bridgehead atoms. The molecule has 9 aromatic carbocycles. The van der Waals surface area contributed by atoms with E-state index in [1.807, 2.05) is 14.1 Å². The van der Waals surface area contributed by atoms with Gasteiger partial charge in [-0.2, -0.15) is 5.26 Å². The second-order valence-corrected chi connectivity index (χ2v) is 20.6. The quantitative estimate of drug-likeness (QED) is 0.101. The smallest absolute Gasteiger partial charge is 0.327 e. The van der Waals surface area contributed by atoms with E-state index in [1.54, 1.807) is 0 Å². The molecule has 0 aliphatic heterocycles. The zero-order chi connectivity index (χ0) is 53.2. The number of rotatable bonds is 10. The topological polar surface area (TPSA) is 73.7 Å². The number of aryl methyl sites for hydroxylation is 3. The van der Waals surface area contributed by atoms with Gasteiger partial charge in [0.25, 0.3) is 5.70 Å². The Bertz CT molecular complexity index is 4490. The van der Waals surface area contributed by atoms with Crippen LogP contribution in [0, 0.1) is 24.8 Å². The van der Waals surface area contributed by atoms with Crippen molar-refractivity contribution in [3.8, 4) is 17.3 Å². The summed E-state index contributed by atoms with van der Waals surface area (Å²) >= 11 is 0. The molecular formula is C68H52B2N8. The van der Waals surface area contributed by atoms with Gasteiger partial charge in [-0.15, -0.1) is 0 Å². The van der Waals surface area contributed by atoms with Gasteiger partial charge in [-0.25, -0.2) is 14.8 Å². The summed E-state index contributed by atoms with van der Waals surface area (Å²) in [5.74, 6) is 0.929. The van der Waals surface area contributed by atoms with Gasteiger partial charge in [-0.05, 0) is 41.3 Å². The highest BCUT2D eigenvalue weighted by molar-refractivity contribution is 6.85. The van der Waals surface area contributed by atoms with E-state index >= 15 is 0 Å². The monoisotopic (exact) mass is 1000 g/mol. The molecule has 0 unspecified atom stereocenters. The summed E-state index contributed by atoms with van der Waals surface area (Å²) in [6.07, 6.45) is 0. The predicted molar refractivity (Wildman–Crippen MR) is 324 cm³/mol. The van der Waals surface area contributed by atoms with Gasteiger partial charge in [0.2, 0.25) is 0 Å². The summed E-state index contributed by atoms with van der Waals surface area (Å²) in [6, 6.07) is 79.0. The van der Waals surface area contributed by atoms with Crippen LogP contribution in [0.2, 0.25) is 0 Å². The zero-order valence-electron chi connectivity index (χ0n) is 44.1. The average Bonchev–Trinajstić information content (AvgIpc) is 4.37. The molecule has 0 saturated carbocycles. The highest BCUT2D eigenvalue weighted by Gasteiger charge is 2.38. The van der Waals surface area contributed by atoms with Gasteiger partial charge in [-0.1, -0.05) is 242 Å². The number of aromatic nitrogens is 6. The summed E-state index contributed by atoms with van der Waals surface area (Å²) in [7, 11) is 4.08. The number of benzene rings is 9. The molecule has 370 valence electrons. The van der Waals surface area contributed by atoms with Gasteiger partial charge < -0.3 is 18.1 Å². The predicted octanol–water partition coefficient (Wildman–Crippen LogP) is 10.7. The third-order valence-electron chi connectivity index (χ3n) is 15.8. The summed E-state index contributed by atoms with van der Waals surface area (Å²) in [5.41, 5.74) is 12.4. The molecule has 0 atom stereocenters. The maximum Gasteiger partial charge on any atom is 0.327 e. The van der Waals surface area contributed by atoms with Crippen LogP contribution in [0.5, 0.6) is 0 Å². The third-order valence-corrected chi connectivity index (χ3v) is 15.8. The summed E-state index contributed by atoms with van der Waals surface area (Å²) < 4.78 is 9.09. The first-order chi connectivity index (χ1) is 38.3. The van der Waals surface area contributed by atoms with Crippen molar-refractivity contribution in [3.05, 3.63) is 263 Å². The fourth-order valence-electron chi connectivity index (χ4n) is 12.4. The van der Waals surface area contributed by atoms with E-state index in [-0.39, 0.29) is 5.92 Å². The van der Waals surface area contributed by atoms with Crippen LogP contribution in [0.3, 0.4) is 0 Å². The first-order valence-corrected chi connectivity index (χ1v) is 26.6. The maximum absolute atomic E-state index is 12.4. The molecule has 0 fully saturated rings. The highest BCUT2D eigenvalue weighted by atomic mass is 15.1. The lowest BCUT2D eigenvalue weighted by Gasteiger charge is -2.25. The summed E-state index contributed by atoms with van der Waals surface area (Å²) in [5, 5.41) is 19.9. The van der Waals surface area contributed by atoms with Crippen molar-refractivity contribution < 1.29 is 0 Å². The lowest BCUT2D eigenvalue weighted by molar-refractivity contribution is 0.808. The van der Waals surface area contributed by atoms with Crippen LogP contribution in [0.15, 0.2) is 218 Å². The second-order valence-electron chi connectivity index (χ2n) is 20.6. The van der Waals surface area contributed by atoms with E-state index in [0.717, 1.165) is 109 Å². The molecule has 0 saturated heterocycles. The lowest BCUT2D eigenvalue weighted by Crippen LogP contribution is -2.54. The molecule has 13 rings (SSSR count). The van der Waals surface area contributed by atoms with Gasteiger partial charge in [0.05, 0.1) is 34.0 Å². The Kier molecular flexibility index (Phi) is 11.9. The Morgan fingerprint density at radius 3 is 1.42 bits per heavy atom. The molecule has 0 spiro atoms. The third kappa shape index (κ3) is 7.52. The molecule has 10 heteroatoms. The normalized spacial score (nSPS) is 12.4. The van der Waals surface area contributed by atoms with Crippen molar-refractivity contribution in [2.24, 2.45) is 14.1 Å². The van der Waals surface area contributed by atoms with Crippen LogP contribution in [0.4, 0.5) is 0 Å². The zero-order valence-corrected chi connectivity index (χ0v) is 44.1. The van der Waals surface area contributed by atoms with E-state index < -0.39 is 13.7 Å². The van der Waals surface area contributed by atoms with E-state index in [9.17, 15) is 11.8 Å². The molecule has 8 nitrogen and oxygen atoms in total. The second kappa shape index (κ2) is 19.4. The van der Waals surface area contributed by atoms with E-state index in [2.05, 4.69) is 263 Å². The van der Waals surface area contributed by atoms with Gasteiger partial charge in [0, 0.05) is 57.9 Å². The molecule has 4 heterocycles. The minimum absolute atomic E-state index is 0.164. The van der Waals surface area contributed by atoms with Crippen LogP contribution >= 0.6 is 0 Å². The van der Waals surface area contributed by atoms with Gasteiger partial charge in [0.15, 0.2) is 5.82 Å². The minimum Gasteiger partial charge on any atom is -0.384 e. The molecule has 0 aliphatic carbocycles. The molecule has 13 aromatic rings. The number of fused-ring (bicyclic) bond motifs is 7. The van der Waals surface area contributed by atoms with E-state index in [0.29, 0.717) is 22.9 Å². The molecule has 0 N–H and O–H groups in total. The Morgan fingerprint density at radius 2 is 0.949 bits per heavy atom. The van der Waals surface area contributed by atoms with E-state index in [4.69, 9.17) is 14.8 Å². The molecule has 0 aliphatic rings. The molecule has 78 heavy (non-hydrogen) atoms.